The minimum absolute atomic E-state index is 0.437. The van der Waals surface area contributed by atoms with E-state index in [4.69, 9.17) is 0 Å². The topological polar surface area (TPSA) is 24.4 Å². The molecular weight excluding hydrogens is 136 g/mol. The molecule has 0 atom stereocenters. The zero-order valence-electron chi connectivity index (χ0n) is 7.78. The quantitative estimate of drug-likeness (QED) is 0.644. The Morgan fingerprint density at radius 2 is 2.18 bits per heavy atom. The highest BCUT2D eigenvalue weighted by atomic mass is 15.1. The van der Waals surface area contributed by atoms with Crippen molar-refractivity contribution in [1.82, 2.24) is 5.32 Å². The Labute approximate surface area is 69.1 Å². The Morgan fingerprint density at radius 1 is 1.45 bits per heavy atom. The van der Waals surface area contributed by atoms with Crippen LogP contribution in [-0.2, 0) is 0 Å². The van der Waals surface area contributed by atoms with Crippen molar-refractivity contribution in [1.29, 1.82) is 0 Å². The molecule has 0 aromatic rings. The van der Waals surface area contributed by atoms with Crippen LogP contribution in [0.3, 0.4) is 0 Å². The first kappa shape index (κ1) is 8.57. The Morgan fingerprint density at radius 3 is 2.64 bits per heavy atom. The lowest BCUT2D eigenvalue weighted by atomic mass is 9.90. The summed E-state index contributed by atoms with van der Waals surface area (Å²) in [5, 5.41) is 3.28. The third-order valence-corrected chi connectivity index (χ3v) is 1.86. The van der Waals surface area contributed by atoms with Gasteiger partial charge in [-0.15, -0.1) is 0 Å². The fraction of sp³-hybridized carbons (Fsp3) is 0.889. The van der Waals surface area contributed by atoms with Crippen molar-refractivity contribution in [2.24, 2.45) is 10.4 Å². The first-order chi connectivity index (χ1) is 5.08. The molecule has 1 aliphatic rings. The monoisotopic (exact) mass is 154 g/mol. The van der Waals surface area contributed by atoms with Crippen molar-refractivity contribution < 1.29 is 0 Å². The molecule has 2 nitrogen and oxygen atoms in total. The van der Waals surface area contributed by atoms with Crippen molar-refractivity contribution in [2.75, 3.05) is 13.1 Å². The van der Waals surface area contributed by atoms with Crippen LogP contribution in [0.15, 0.2) is 4.99 Å². The zero-order valence-corrected chi connectivity index (χ0v) is 7.78. The van der Waals surface area contributed by atoms with Crippen LogP contribution in [0.25, 0.3) is 0 Å². The molecule has 1 aliphatic heterocycles. The fourth-order valence-corrected chi connectivity index (χ4v) is 1.11. The summed E-state index contributed by atoms with van der Waals surface area (Å²) < 4.78 is 0. The minimum atomic E-state index is 0.437. The lowest BCUT2D eigenvalue weighted by Gasteiger charge is -2.17. The molecule has 0 bridgehead atoms. The van der Waals surface area contributed by atoms with Gasteiger partial charge in [0.2, 0.25) is 0 Å². The minimum Gasteiger partial charge on any atom is -0.372 e. The molecule has 2 heteroatoms. The van der Waals surface area contributed by atoms with Gasteiger partial charge in [-0.25, -0.2) is 0 Å². The second kappa shape index (κ2) is 3.24. The number of hydrogen-bond acceptors (Lipinski definition) is 2. The molecule has 1 rings (SSSR count). The molecule has 0 aromatic heterocycles. The van der Waals surface area contributed by atoms with Gasteiger partial charge in [-0.1, -0.05) is 20.8 Å². The van der Waals surface area contributed by atoms with Crippen LogP contribution in [0.4, 0.5) is 0 Å². The highest BCUT2D eigenvalue weighted by molar-refractivity contribution is 5.83. The fourth-order valence-electron chi connectivity index (χ4n) is 1.11. The number of nitrogens with one attached hydrogen (secondary N) is 1. The van der Waals surface area contributed by atoms with E-state index in [1.54, 1.807) is 0 Å². The summed E-state index contributed by atoms with van der Waals surface area (Å²) in [7, 11) is 0. The molecule has 0 fully saturated rings. The first-order valence-corrected chi connectivity index (χ1v) is 4.35. The molecule has 0 radical (unpaired) electrons. The van der Waals surface area contributed by atoms with Crippen LogP contribution in [0.2, 0.25) is 0 Å². The average molecular weight is 154 g/mol. The molecule has 0 aliphatic carbocycles. The van der Waals surface area contributed by atoms with Gasteiger partial charge in [0, 0.05) is 13.0 Å². The van der Waals surface area contributed by atoms with Crippen LogP contribution >= 0.6 is 0 Å². The lowest BCUT2D eigenvalue weighted by molar-refractivity contribution is 0.385. The maximum Gasteiger partial charge on any atom is 0.0964 e. The number of amidine groups is 1. The van der Waals surface area contributed by atoms with E-state index >= 15 is 0 Å². The third-order valence-electron chi connectivity index (χ3n) is 1.86. The highest BCUT2D eigenvalue weighted by Gasteiger charge is 2.12. The van der Waals surface area contributed by atoms with E-state index in [-0.39, 0.29) is 0 Å². The van der Waals surface area contributed by atoms with Gasteiger partial charge in [-0.3, -0.25) is 4.99 Å². The number of nitrogens with zero attached hydrogens (tertiary/aromatic N) is 1. The molecule has 1 heterocycles. The van der Waals surface area contributed by atoms with Crippen LogP contribution in [0.5, 0.6) is 0 Å². The van der Waals surface area contributed by atoms with E-state index in [0.29, 0.717) is 5.41 Å². The van der Waals surface area contributed by atoms with Crippen molar-refractivity contribution in [3.63, 3.8) is 0 Å². The molecule has 0 unspecified atom stereocenters. The van der Waals surface area contributed by atoms with Gasteiger partial charge in [0.1, 0.15) is 0 Å². The lowest BCUT2D eigenvalue weighted by Crippen LogP contribution is -2.20. The largest absolute Gasteiger partial charge is 0.372 e. The van der Waals surface area contributed by atoms with Gasteiger partial charge in [0.15, 0.2) is 0 Å². The summed E-state index contributed by atoms with van der Waals surface area (Å²) in [6.45, 7) is 8.81. The molecule has 0 aromatic carbocycles. The Balaban J connectivity index is 2.22. The Kier molecular flexibility index (Phi) is 2.53. The zero-order chi connectivity index (χ0) is 8.32. The van der Waals surface area contributed by atoms with Crippen LogP contribution < -0.4 is 5.32 Å². The van der Waals surface area contributed by atoms with Gasteiger partial charge in [-0.2, -0.15) is 0 Å². The summed E-state index contributed by atoms with van der Waals surface area (Å²) in [4.78, 5) is 4.34. The van der Waals surface area contributed by atoms with Crippen LogP contribution in [-0.4, -0.2) is 18.9 Å². The predicted molar refractivity (Wildman–Crippen MR) is 49.0 cm³/mol. The van der Waals surface area contributed by atoms with E-state index < -0.39 is 0 Å². The summed E-state index contributed by atoms with van der Waals surface area (Å²) in [6.07, 6.45) is 2.34. The summed E-state index contributed by atoms with van der Waals surface area (Å²) in [5.74, 6) is 1.21. The van der Waals surface area contributed by atoms with E-state index in [2.05, 4.69) is 31.1 Å². The maximum atomic E-state index is 4.34. The maximum absolute atomic E-state index is 4.34. The summed E-state index contributed by atoms with van der Waals surface area (Å²) in [6, 6.07) is 0. The van der Waals surface area contributed by atoms with E-state index in [1.165, 1.54) is 12.3 Å². The number of hydrogen-bond donors (Lipinski definition) is 1. The smallest absolute Gasteiger partial charge is 0.0964 e. The van der Waals surface area contributed by atoms with Crippen molar-refractivity contribution >= 4 is 5.84 Å². The summed E-state index contributed by atoms with van der Waals surface area (Å²) >= 11 is 0. The van der Waals surface area contributed by atoms with Crippen LogP contribution in [0, 0.1) is 5.41 Å². The second-order valence-corrected chi connectivity index (χ2v) is 4.32. The SMILES string of the molecule is CC(C)(C)CCC1=NCCN1. The highest BCUT2D eigenvalue weighted by Crippen LogP contribution is 2.20. The first-order valence-electron chi connectivity index (χ1n) is 4.35. The van der Waals surface area contributed by atoms with Crippen molar-refractivity contribution in [2.45, 2.75) is 33.6 Å². The molecule has 11 heavy (non-hydrogen) atoms. The van der Waals surface area contributed by atoms with E-state index in [1.807, 2.05) is 0 Å². The molecule has 0 saturated carbocycles. The van der Waals surface area contributed by atoms with Crippen molar-refractivity contribution in [3.05, 3.63) is 0 Å². The molecule has 0 saturated heterocycles. The summed E-state index contributed by atoms with van der Waals surface area (Å²) in [5.41, 5.74) is 0.437. The normalized spacial score (nSPS) is 17.9. The van der Waals surface area contributed by atoms with Gasteiger partial charge in [0.25, 0.3) is 0 Å². The standard InChI is InChI=1S/C9H18N2/c1-9(2,3)5-4-8-10-6-7-11-8/h4-7H2,1-3H3,(H,10,11). The number of rotatable bonds is 2. The number of aliphatic imine (C=N–C) groups is 1. The Hall–Kier alpha value is -0.530. The van der Waals surface area contributed by atoms with Crippen LogP contribution in [0.1, 0.15) is 33.6 Å². The van der Waals surface area contributed by atoms with Gasteiger partial charge < -0.3 is 5.32 Å². The van der Waals surface area contributed by atoms with Gasteiger partial charge in [-0.05, 0) is 11.8 Å². The third kappa shape index (κ3) is 3.40. The second-order valence-electron chi connectivity index (χ2n) is 4.32. The molecule has 64 valence electrons. The van der Waals surface area contributed by atoms with E-state index in [9.17, 15) is 0 Å². The predicted octanol–water partition coefficient (Wildman–Crippen LogP) is 1.81. The molecule has 0 amide bonds. The Bertz CT molecular complexity index is 153. The molecular formula is C9H18N2. The average Bonchev–Trinajstić information content (AvgIpc) is 2.32. The van der Waals surface area contributed by atoms with E-state index in [0.717, 1.165) is 19.5 Å². The molecule has 0 spiro atoms. The molecule has 1 N–H and O–H groups in total. The van der Waals surface area contributed by atoms with Gasteiger partial charge >= 0.3 is 0 Å². The van der Waals surface area contributed by atoms with Crippen molar-refractivity contribution in [3.8, 4) is 0 Å². The van der Waals surface area contributed by atoms with Gasteiger partial charge in [0.05, 0.1) is 12.4 Å².